The van der Waals surface area contributed by atoms with Gasteiger partial charge < -0.3 is 9.88 Å². The zero-order chi connectivity index (χ0) is 16.3. The molecule has 1 heterocycles. The SMILES string of the molecule is CC(Sc1nccn1C)C(=O)Nc1cccc(S(N)(=O)=O)c1. The van der Waals surface area contributed by atoms with Crippen LogP contribution in [0.2, 0.25) is 0 Å². The van der Waals surface area contributed by atoms with Crippen LogP contribution in [0.1, 0.15) is 6.92 Å². The molecule has 1 atom stereocenters. The number of thioether (sulfide) groups is 1. The lowest BCUT2D eigenvalue weighted by Gasteiger charge is -2.12. The Balaban J connectivity index is 2.07. The van der Waals surface area contributed by atoms with Crippen LogP contribution in [0.5, 0.6) is 0 Å². The summed E-state index contributed by atoms with van der Waals surface area (Å²) >= 11 is 1.31. The number of aryl methyl sites for hydroxylation is 1. The van der Waals surface area contributed by atoms with Gasteiger partial charge in [-0.25, -0.2) is 18.5 Å². The van der Waals surface area contributed by atoms with Gasteiger partial charge in [0.2, 0.25) is 15.9 Å². The minimum absolute atomic E-state index is 0.0466. The zero-order valence-electron chi connectivity index (χ0n) is 12.1. The van der Waals surface area contributed by atoms with E-state index in [9.17, 15) is 13.2 Å². The number of imidazole rings is 1. The molecular weight excluding hydrogens is 324 g/mol. The second-order valence-electron chi connectivity index (χ2n) is 4.64. The van der Waals surface area contributed by atoms with E-state index in [1.54, 1.807) is 25.4 Å². The monoisotopic (exact) mass is 340 g/mol. The smallest absolute Gasteiger partial charge is 0.238 e. The Labute approximate surface area is 133 Å². The third-order valence-electron chi connectivity index (χ3n) is 2.86. The molecule has 0 radical (unpaired) electrons. The van der Waals surface area contributed by atoms with E-state index >= 15 is 0 Å². The number of carbonyl (C=O) groups excluding carboxylic acids is 1. The van der Waals surface area contributed by atoms with Crippen molar-refractivity contribution in [3.8, 4) is 0 Å². The van der Waals surface area contributed by atoms with Gasteiger partial charge in [0.05, 0.1) is 10.1 Å². The summed E-state index contributed by atoms with van der Waals surface area (Å²) in [5.41, 5.74) is 0.379. The standard InChI is InChI=1S/C13H16N4O3S2/c1-9(21-13-15-6-7-17(13)2)12(18)16-10-4-3-5-11(8-10)22(14,19)20/h3-9H,1-2H3,(H,16,18)(H2,14,19,20). The quantitative estimate of drug-likeness (QED) is 0.795. The van der Waals surface area contributed by atoms with Gasteiger partial charge in [0, 0.05) is 25.1 Å². The van der Waals surface area contributed by atoms with Gasteiger partial charge in [-0.1, -0.05) is 17.8 Å². The van der Waals surface area contributed by atoms with Crippen LogP contribution >= 0.6 is 11.8 Å². The molecule has 0 saturated heterocycles. The molecule has 3 N–H and O–H groups in total. The Bertz CT molecular complexity index is 786. The van der Waals surface area contributed by atoms with Gasteiger partial charge in [-0.3, -0.25) is 4.79 Å². The van der Waals surface area contributed by atoms with E-state index in [0.717, 1.165) is 5.16 Å². The lowest BCUT2D eigenvalue weighted by atomic mass is 10.3. The fraction of sp³-hybridized carbons (Fsp3) is 0.231. The van der Waals surface area contributed by atoms with Crippen LogP contribution in [0.15, 0.2) is 46.7 Å². The molecule has 7 nitrogen and oxygen atoms in total. The number of carbonyl (C=O) groups is 1. The predicted octanol–water partition coefficient (Wildman–Crippen LogP) is 1.19. The number of nitrogens with one attached hydrogen (secondary N) is 1. The highest BCUT2D eigenvalue weighted by Crippen LogP contribution is 2.22. The predicted molar refractivity (Wildman–Crippen MR) is 85.0 cm³/mol. The summed E-state index contributed by atoms with van der Waals surface area (Å²) in [6.45, 7) is 1.75. The summed E-state index contributed by atoms with van der Waals surface area (Å²) in [4.78, 5) is 16.3. The number of hydrogen-bond acceptors (Lipinski definition) is 5. The molecule has 2 rings (SSSR count). The fourth-order valence-electron chi connectivity index (χ4n) is 1.67. The Hall–Kier alpha value is -1.84. The topological polar surface area (TPSA) is 107 Å². The molecule has 0 fully saturated rings. The van der Waals surface area contributed by atoms with E-state index in [1.807, 2.05) is 11.6 Å². The van der Waals surface area contributed by atoms with E-state index in [-0.39, 0.29) is 16.1 Å². The van der Waals surface area contributed by atoms with Crippen molar-refractivity contribution < 1.29 is 13.2 Å². The summed E-state index contributed by atoms with van der Waals surface area (Å²) < 4.78 is 24.4. The van der Waals surface area contributed by atoms with Crippen molar-refractivity contribution in [1.29, 1.82) is 0 Å². The number of aromatic nitrogens is 2. The minimum Gasteiger partial charge on any atom is -0.329 e. The van der Waals surface area contributed by atoms with Gasteiger partial charge in [0.15, 0.2) is 5.16 Å². The van der Waals surface area contributed by atoms with Crippen LogP contribution < -0.4 is 10.5 Å². The average molecular weight is 340 g/mol. The first-order chi connectivity index (χ1) is 10.3. The molecular formula is C13H16N4O3S2. The van der Waals surface area contributed by atoms with Crippen LogP contribution in [0, 0.1) is 0 Å². The third-order valence-corrected chi connectivity index (χ3v) is 4.94. The molecule has 0 aliphatic rings. The van der Waals surface area contributed by atoms with Gasteiger partial charge in [-0.05, 0) is 25.1 Å². The lowest BCUT2D eigenvalue weighted by molar-refractivity contribution is -0.115. The van der Waals surface area contributed by atoms with Gasteiger partial charge >= 0.3 is 0 Å². The minimum atomic E-state index is -3.80. The number of amides is 1. The van der Waals surface area contributed by atoms with Crippen molar-refractivity contribution in [1.82, 2.24) is 9.55 Å². The van der Waals surface area contributed by atoms with Crippen molar-refractivity contribution >= 4 is 33.4 Å². The maximum absolute atomic E-state index is 12.2. The Morgan fingerprint density at radius 2 is 2.18 bits per heavy atom. The molecule has 22 heavy (non-hydrogen) atoms. The highest BCUT2D eigenvalue weighted by Gasteiger charge is 2.17. The molecule has 1 aromatic heterocycles. The number of benzene rings is 1. The number of rotatable bonds is 5. The maximum atomic E-state index is 12.2. The van der Waals surface area contributed by atoms with E-state index in [0.29, 0.717) is 5.69 Å². The van der Waals surface area contributed by atoms with Crippen LogP contribution in [0.4, 0.5) is 5.69 Å². The maximum Gasteiger partial charge on any atom is 0.238 e. The molecule has 1 unspecified atom stereocenters. The normalized spacial score (nSPS) is 12.9. The molecule has 0 bridgehead atoms. The summed E-state index contributed by atoms with van der Waals surface area (Å²) in [5, 5.41) is 8.07. The second kappa shape index (κ2) is 6.51. The summed E-state index contributed by atoms with van der Waals surface area (Å²) in [7, 11) is -1.96. The van der Waals surface area contributed by atoms with Crippen LogP contribution in [-0.2, 0) is 21.9 Å². The largest absolute Gasteiger partial charge is 0.329 e. The number of hydrogen-bond donors (Lipinski definition) is 2. The van der Waals surface area contributed by atoms with Crippen molar-refractivity contribution in [2.75, 3.05) is 5.32 Å². The van der Waals surface area contributed by atoms with Gasteiger partial charge in [0.1, 0.15) is 0 Å². The lowest BCUT2D eigenvalue weighted by Crippen LogP contribution is -2.23. The summed E-state index contributed by atoms with van der Waals surface area (Å²) in [6.07, 6.45) is 3.45. The molecule has 9 heteroatoms. The van der Waals surface area contributed by atoms with E-state index in [1.165, 1.54) is 30.0 Å². The Kier molecular flexibility index (Phi) is 4.89. The van der Waals surface area contributed by atoms with Crippen molar-refractivity contribution in [3.63, 3.8) is 0 Å². The number of sulfonamides is 1. The van der Waals surface area contributed by atoms with E-state index in [2.05, 4.69) is 10.3 Å². The second-order valence-corrected chi connectivity index (χ2v) is 7.51. The van der Waals surface area contributed by atoms with Crippen molar-refractivity contribution in [2.24, 2.45) is 12.2 Å². The molecule has 0 spiro atoms. The average Bonchev–Trinajstić information content (AvgIpc) is 2.83. The first-order valence-corrected chi connectivity index (χ1v) is 8.77. The zero-order valence-corrected chi connectivity index (χ0v) is 13.7. The Morgan fingerprint density at radius 3 is 2.77 bits per heavy atom. The molecule has 118 valence electrons. The third kappa shape index (κ3) is 4.09. The highest BCUT2D eigenvalue weighted by molar-refractivity contribution is 8.00. The number of nitrogens with zero attached hydrogens (tertiary/aromatic N) is 2. The number of nitrogens with two attached hydrogens (primary N) is 1. The fourth-order valence-corrected chi connectivity index (χ4v) is 3.06. The van der Waals surface area contributed by atoms with Gasteiger partial charge in [-0.2, -0.15) is 0 Å². The van der Waals surface area contributed by atoms with E-state index < -0.39 is 10.0 Å². The van der Waals surface area contributed by atoms with Gasteiger partial charge in [0.25, 0.3) is 0 Å². The van der Waals surface area contributed by atoms with Crippen LogP contribution in [-0.4, -0.2) is 29.1 Å². The number of primary sulfonamides is 1. The first-order valence-electron chi connectivity index (χ1n) is 6.35. The van der Waals surface area contributed by atoms with Crippen LogP contribution in [0.3, 0.4) is 0 Å². The van der Waals surface area contributed by atoms with Crippen molar-refractivity contribution in [3.05, 3.63) is 36.7 Å². The Morgan fingerprint density at radius 1 is 1.45 bits per heavy atom. The molecule has 2 aromatic rings. The van der Waals surface area contributed by atoms with Gasteiger partial charge in [-0.15, -0.1) is 0 Å². The molecule has 1 aromatic carbocycles. The van der Waals surface area contributed by atoms with Crippen LogP contribution in [0.25, 0.3) is 0 Å². The summed E-state index contributed by atoms with van der Waals surface area (Å²) in [5.74, 6) is -0.250. The highest BCUT2D eigenvalue weighted by atomic mass is 32.2. The molecule has 1 amide bonds. The van der Waals surface area contributed by atoms with Crippen molar-refractivity contribution in [2.45, 2.75) is 22.2 Å². The molecule has 0 aliphatic carbocycles. The molecule has 0 aliphatic heterocycles. The summed E-state index contributed by atoms with van der Waals surface area (Å²) in [6, 6.07) is 5.82. The first kappa shape index (κ1) is 16.5. The van der Waals surface area contributed by atoms with E-state index in [4.69, 9.17) is 5.14 Å². The number of anilines is 1. The molecule has 0 saturated carbocycles.